The summed E-state index contributed by atoms with van der Waals surface area (Å²) < 4.78 is 0. The van der Waals surface area contributed by atoms with E-state index >= 15 is 0 Å². The van der Waals surface area contributed by atoms with Crippen LogP contribution in [0, 0.1) is 0 Å². The third-order valence-electron chi connectivity index (χ3n) is 2.85. The number of aromatic nitrogens is 1. The fourth-order valence-corrected chi connectivity index (χ4v) is 1.96. The molecule has 1 aliphatic heterocycles. The monoisotopic (exact) mass is 219 g/mol. The maximum Gasteiger partial charge on any atom is 0.219 e. The minimum absolute atomic E-state index is 0.132. The summed E-state index contributed by atoms with van der Waals surface area (Å²) in [7, 11) is 0. The molecule has 1 unspecified atom stereocenters. The Kier molecular flexibility index (Phi) is 3.39. The van der Waals surface area contributed by atoms with Gasteiger partial charge in [-0.25, -0.2) is 4.98 Å². The molecule has 1 saturated heterocycles. The van der Waals surface area contributed by atoms with Crippen LogP contribution >= 0.6 is 0 Å². The second kappa shape index (κ2) is 4.96. The summed E-state index contributed by atoms with van der Waals surface area (Å²) in [5.41, 5.74) is 0. The van der Waals surface area contributed by atoms with Crippen molar-refractivity contribution in [3.05, 3.63) is 24.4 Å². The van der Waals surface area contributed by atoms with Gasteiger partial charge < -0.3 is 10.2 Å². The van der Waals surface area contributed by atoms with Gasteiger partial charge in [0, 0.05) is 31.7 Å². The molecule has 1 amide bonds. The van der Waals surface area contributed by atoms with E-state index in [4.69, 9.17) is 0 Å². The van der Waals surface area contributed by atoms with E-state index in [0.29, 0.717) is 6.42 Å². The van der Waals surface area contributed by atoms with E-state index in [1.807, 2.05) is 25.1 Å². The molecule has 1 aromatic heterocycles. The van der Waals surface area contributed by atoms with Crippen molar-refractivity contribution in [1.82, 2.24) is 10.3 Å². The number of amides is 1. The molecular formula is C12H17N3O. The summed E-state index contributed by atoms with van der Waals surface area (Å²) in [5, 5.41) is 3.02. The Balaban J connectivity index is 1.91. The van der Waals surface area contributed by atoms with E-state index in [2.05, 4.69) is 15.2 Å². The molecule has 0 spiro atoms. The molecule has 1 aliphatic rings. The van der Waals surface area contributed by atoms with Gasteiger partial charge in [-0.2, -0.15) is 0 Å². The lowest BCUT2D eigenvalue weighted by Gasteiger charge is -2.17. The van der Waals surface area contributed by atoms with Crippen molar-refractivity contribution >= 4 is 11.7 Å². The average Bonchev–Trinajstić information content (AvgIpc) is 2.78. The molecule has 1 fully saturated rings. The third kappa shape index (κ3) is 2.51. The molecule has 4 nitrogen and oxygen atoms in total. The normalized spacial score (nSPS) is 19.8. The molecule has 0 aliphatic carbocycles. The highest BCUT2D eigenvalue weighted by atomic mass is 16.1. The maximum atomic E-state index is 11.3. The predicted molar refractivity (Wildman–Crippen MR) is 63.3 cm³/mol. The first-order chi connectivity index (χ1) is 7.79. The van der Waals surface area contributed by atoms with Crippen molar-refractivity contribution in [2.24, 2.45) is 0 Å². The summed E-state index contributed by atoms with van der Waals surface area (Å²) in [6.07, 6.45) is 3.36. The van der Waals surface area contributed by atoms with Crippen LogP contribution in [0.25, 0.3) is 0 Å². The van der Waals surface area contributed by atoms with Crippen molar-refractivity contribution in [3.63, 3.8) is 0 Å². The van der Waals surface area contributed by atoms with Crippen molar-refractivity contribution in [1.29, 1.82) is 0 Å². The van der Waals surface area contributed by atoms with Crippen LogP contribution in [0.2, 0.25) is 0 Å². The quantitative estimate of drug-likeness (QED) is 0.830. The van der Waals surface area contributed by atoms with E-state index in [-0.39, 0.29) is 11.9 Å². The van der Waals surface area contributed by atoms with Crippen molar-refractivity contribution < 1.29 is 4.79 Å². The van der Waals surface area contributed by atoms with Crippen molar-refractivity contribution in [2.45, 2.75) is 25.8 Å². The SMILES string of the molecule is CCC(=O)NC1CCN(c2ccccn2)C1. The third-order valence-corrected chi connectivity index (χ3v) is 2.85. The Morgan fingerprint density at radius 2 is 2.50 bits per heavy atom. The highest BCUT2D eigenvalue weighted by Crippen LogP contribution is 2.17. The minimum atomic E-state index is 0.132. The van der Waals surface area contributed by atoms with Crippen LogP contribution in [-0.2, 0) is 4.79 Å². The molecule has 1 aromatic rings. The molecule has 0 aromatic carbocycles. The van der Waals surface area contributed by atoms with Crippen LogP contribution < -0.4 is 10.2 Å². The fraction of sp³-hybridized carbons (Fsp3) is 0.500. The number of carbonyl (C=O) groups excluding carboxylic acids is 1. The highest BCUT2D eigenvalue weighted by molar-refractivity contribution is 5.76. The van der Waals surface area contributed by atoms with Crippen LogP contribution in [-0.4, -0.2) is 30.0 Å². The van der Waals surface area contributed by atoms with Gasteiger partial charge in [0.25, 0.3) is 0 Å². The van der Waals surface area contributed by atoms with Gasteiger partial charge in [-0.05, 0) is 18.6 Å². The first kappa shape index (κ1) is 10.9. The average molecular weight is 219 g/mol. The number of hydrogen-bond donors (Lipinski definition) is 1. The molecular weight excluding hydrogens is 202 g/mol. The van der Waals surface area contributed by atoms with Crippen LogP contribution in [0.3, 0.4) is 0 Å². The van der Waals surface area contributed by atoms with Crippen molar-refractivity contribution in [3.8, 4) is 0 Å². The van der Waals surface area contributed by atoms with Gasteiger partial charge in [0.05, 0.1) is 0 Å². The van der Waals surface area contributed by atoms with E-state index in [1.165, 1.54) is 0 Å². The zero-order valence-electron chi connectivity index (χ0n) is 9.52. The Hall–Kier alpha value is -1.58. The van der Waals surface area contributed by atoms with Crippen LogP contribution in [0.5, 0.6) is 0 Å². The number of nitrogens with zero attached hydrogens (tertiary/aromatic N) is 2. The number of rotatable bonds is 3. The minimum Gasteiger partial charge on any atom is -0.354 e. The molecule has 4 heteroatoms. The molecule has 86 valence electrons. The smallest absolute Gasteiger partial charge is 0.219 e. The standard InChI is InChI=1S/C12H17N3O/c1-2-12(16)14-10-6-8-15(9-10)11-5-3-4-7-13-11/h3-5,7,10H,2,6,8-9H2,1H3,(H,14,16). The van der Waals surface area contributed by atoms with Gasteiger partial charge in [0.1, 0.15) is 5.82 Å². The first-order valence-electron chi connectivity index (χ1n) is 5.75. The Bertz CT molecular complexity index is 353. The molecule has 0 saturated carbocycles. The van der Waals surface area contributed by atoms with Gasteiger partial charge in [0.15, 0.2) is 0 Å². The number of hydrogen-bond acceptors (Lipinski definition) is 3. The zero-order valence-corrected chi connectivity index (χ0v) is 9.52. The second-order valence-corrected chi connectivity index (χ2v) is 4.04. The van der Waals surface area contributed by atoms with Crippen molar-refractivity contribution in [2.75, 3.05) is 18.0 Å². The Morgan fingerprint density at radius 3 is 3.19 bits per heavy atom. The first-order valence-corrected chi connectivity index (χ1v) is 5.75. The Labute approximate surface area is 95.7 Å². The summed E-state index contributed by atoms with van der Waals surface area (Å²) >= 11 is 0. The van der Waals surface area contributed by atoms with Crippen LogP contribution in [0.15, 0.2) is 24.4 Å². The molecule has 1 atom stereocenters. The summed E-state index contributed by atoms with van der Waals surface area (Å²) in [5.74, 6) is 1.13. The predicted octanol–water partition coefficient (Wildman–Crippen LogP) is 1.19. The summed E-state index contributed by atoms with van der Waals surface area (Å²) in [6.45, 7) is 3.70. The van der Waals surface area contributed by atoms with Gasteiger partial charge in [-0.1, -0.05) is 13.0 Å². The van der Waals surface area contributed by atoms with E-state index < -0.39 is 0 Å². The zero-order chi connectivity index (χ0) is 11.4. The number of carbonyl (C=O) groups is 1. The Morgan fingerprint density at radius 1 is 1.62 bits per heavy atom. The van der Waals surface area contributed by atoms with E-state index in [1.54, 1.807) is 6.20 Å². The van der Waals surface area contributed by atoms with Crippen LogP contribution in [0.4, 0.5) is 5.82 Å². The summed E-state index contributed by atoms with van der Waals surface area (Å²) in [4.78, 5) is 17.8. The largest absolute Gasteiger partial charge is 0.354 e. The number of nitrogens with one attached hydrogen (secondary N) is 1. The van der Waals surface area contributed by atoms with Gasteiger partial charge in [-0.3, -0.25) is 4.79 Å². The second-order valence-electron chi connectivity index (χ2n) is 4.04. The lowest BCUT2D eigenvalue weighted by Crippen LogP contribution is -2.36. The number of pyridine rings is 1. The maximum absolute atomic E-state index is 11.3. The molecule has 16 heavy (non-hydrogen) atoms. The number of anilines is 1. The molecule has 2 heterocycles. The molecule has 1 N–H and O–H groups in total. The lowest BCUT2D eigenvalue weighted by atomic mass is 10.2. The van der Waals surface area contributed by atoms with E-state index in [0.717, 1.165) is 25.3 Å². The van der Waals surface area contributed by atoms with Crippen LogP contribution in [0.1, 0.15) is 19.8 Å². The highest BCUT2D eigenvalue weighted by Gasteiger charge is 2.23. The summed E-state index contributed by atoms with van der Waals surface area (Å²) in [6, 6.07) is 6.18. The lowest BCUT2D eigenvalue weighted by molar-refractivity contribution is -0.121. The molecule has 0 bridgehead atoms. The molecule has 0 radical (unpaired) electrons. The topological polar surface area (TPSA) is 45.2 Å². The fourth-order valence-electron chi connectivity index (χ4n) is 1.96. The van der Waals surface area contributed by atoms with Gasteiger partial charge in [0.2, 0.25) is 5.91 Å². The molecule has 2 rings (SSSR count). The van der Waals surface area contributed by atoms with Gasteiger partial charge in [-0.15, -0.1) is 0 Å². The van der Waals surface area contributed by atoms with Gasteiger partial charge >= 0.3 is 0 Å². The van der Waals surface area contributed by atoms with E-state index in [9.17, 15) is 4.79 Å².